The lowest BCUT2D eigenvalue weighted by atomic mass is 10.1. The molecule has 2 rings (SSSR count). The van der Waals surface area contributed by atoms with E-state index in [4.69, 9.17) is 14.2 Å². The maximum absolute atomic E-state index is 5.60. The molecular weight excluding hydrogens is 242 g/mol. The molecule has 4 heteroatoms. The van der Waals surface area contributed by atoms with Crippen molar-refractivity contribution in [3.05, 3.63) is 23.8 Å². The van der Waals surface area contributed by atoms with Gasteiger partial charge in [-0.05, 0) is 24.1 Å². The molecule has 1 aromatic rings. The number of rotatable bonds is 7. The van der Waals surface area contributed by atoms with E-state index in [0.29, 0.717) is 19.3 Å². The van der Waals surface area contributed by atoms with Crippen LogP contribution in [0, 0.1) is 0 Å². The van der Waals surface area contributed by atoms with Gasteiger partial charge >= 0.3 is 0 Å². The first-order valence-corrected chi connectivity index (χ1v) is 6.95. The second-order valence-electron chi connectivity index (χ2n) is 4.95. The minimum atomic E-state index is 0.515. The van der Waals surface area contributed by atoms with E-state index in [1.54, 1.807) is 0 Å². The fraction of sp³-hybridized carbons (Fsp3) is 0.600. The van der Waals surface area contributed by atoms with E-state index in [0.717, 1.165) is 37.7 Å². The summed E-state index contributed by atoms with van der Waals surface area (Å²) in [4.78, 5) is 0. The number of hydrogen-bond acceptors (Lipinski definition) is 4. The smallest absolute Gasteiger partial charge is 0.161 e. The lowest BCUT2D eigenvalue weighted by Crippen LogP contribution is -2.26. The average molecular weight is 265 g/mol. The fourth-order valence-corrected chi connectivity index (χ4v) is 1.96. The maximum Gasteiger partial charge on any atom is 0.161 e. The summed E-state index contributed by atoms with van der Waals surface area (Å²) < 4.78 is 16.7. The zero-order valence-corrected chi connectivity index (χ0v) is 11.8. The van der Waals surface area contributed by atoms with Gasteiger partial charge in [0.1, 0.15) is 13.2 Å². The molecule has 106 valence electrons. The van der Waals surface area contributed by atoms with E-state index in [1.165, 1.54) is 5.56 Å². The summed E-state index contributed by atoms with van der Waals surface area (Å²) in [6.07, 6.45) is 0.901. The number of fused-ring (bicyclic) bond motifs is 1. The minimum Gasteiger partial charge on any atom is -0.486 e. The summed E-state index contributed by atoms with van der Waals surface area (Å²) in [5.41, 5.74) is 1.22. The Bertz CT molecular complexity index is 393. The van der Waals surface area contributed by atoms with Gasteiger partial charge in [0.05, 0.1) is 13.2 Å². The molecule has 0 amide bonds. The maximum atomic E-state index is 5.60. The van der Waals surface area contributed by atoms with Crippen molar-refractivity contribution in [2.24, 2.45) is 0 Å². The van der Waals surface area contributed by atoms with Gasteiger partial charge in [-0.2, -0.15) is 0 Å². The quantitative estimate of drug-likeness (QED) is 0.766. The molecule has 0 fully saturated rings. The second-order valence-corrected chi connectivity index (χ2v) is 4.95. The van der Waals surface area contributed by atoms with Crippen molar-refractivity contribution < 1.29 is 14.2 Å². The zero-order valence-electron chi connectivity index (χ0n) is 11.8. The average Bonchev–Trinajstić information content (AvgIpc) is 2.42. The summed E-state index contributed by atoms with van der Waals surface area (Å²) in [5.74, 6) is 1.70. The third kappa shape index (κ3) is 4.73. The Morgan fingerprint density at radius 3 is 2.74 bits per heavy atom. The number of ether oxygens (including phenoxy) is 3. The van der Waals surface area contributed by atoms with E-state index >= 15 is 0 Å². The van der Waals surface area contributed by atoms with Crippen molar-refractivity contribution in [2.75, 3.05) is 33.0 Å². The second kappa shape index (κ2) is 7.36. The van der Waals surface area contributed by atoms with Crippen LogP contribution in [0.5, 0.6) is 11.5 Å². The molecule has 0 atom stereocenters. The third-order valence-electron chi connectivity index (χ3n) is 2.94. The van der Waals surface area contributed by atoms with Crippen LogP contribution in [0.25, 0.3) is 0 Å². The predicted octanol–water partition coefficient (Wildman–Crippen LogP) is 2.01. The molecule has 0 aromatic heterocycles. The zero-order chi connectivity index (χ0) is 13.5. The normalized spacial score (nSPS) is 13.8. The van der Waals surface area contributed by atoms with Gasteiger partial charge in [-0.1, -0.05) is 19.9 Å². The van der Waals surface area contributed by atoms with Crippen molar-refractivity contribution in [1.29, 1.82) is 0 Å². The van der Waals surface area contributed by atoms with Crippen LogP contribution >= 0.6 is 0 Å². The van der Waals surface area contributed by atoms with Crippen LogP contribution in [0.15, 0.2) is 18.2 Å². The monoisotopic (exact) mass is 265 g/mol. The van der Waals surface area contributed by atoms with Crippen LogP contribution in [0.2, 0.25) is 0 Å². The highest BCUT2D eigenvalue weighted by atomic mass is 16.6. The minimum absolute atomic E-state index is 0.515. The standard InChI is InChI=1S/C15H23NO3/c1-12(2)16-6-8-17-7-5-13-3-4-14-15(11-13)19-10-9-18-14/h3-4,11-12,16H,5-10H2,1-2H3. The Labute approximate surface area is 115 Å². The molecule has 0 aliphatic carbocycles. The van der Waals surface area contributed by atoms with Crippen LogP contribution < -0.4 is 14.8 Å². The molecule has 1 N–H and O–H groups in total. The first-order valence-electron chi connectivity index (χ1n) is 6.95. The summed E-state index contributed by atoms with van der Waals surface area (Å²) in [5, 5.41) is 3.32. The molecular formula is C15H23NO3. The topological polar surface area (TPSA) is 39.7 Å². The van der Waals surface area contributed by atoms with Crippen LogP contribution in [-0.2, 0) is 11.2 Å². The Balaban J connectivity index is 1.68. The van der Waals surface area contributed by atoms with Gasteiger partial charge in [-0.25, -0.2) is 0 Å². The van der Waals surface area contributed by atoms with Crippen LogP contribution in [0.4, 0.5) is 0 Å². The predicted molar refractivity (Wildman–Crippen MR) is 75.1 cm³/mol. The highest BCUT2D eigenvalue weighted by Crippen LogP contribution is 2.30. The van der Waals surface area contributed by atoms with E-state index in [1.807, 2.05) is 12.1 Å². The number of nitrogens with one attached hydrogen (secondary N) is 1. The highest BCUT2D eigenvalue weighted by molar-refractivity contribution is 5.43. The molecule has 19 heavy (non-hydrogen) atoms. The molecule has 0 radical (unpaired) electrons. The van der Waals surface area contributed by atoms with Crippen molar-refractivity contribution in [1.82, 2.24) is 5.32 Å². The van der Waals surface area contributed by atoms with Crippen molar-refractivity contribution in [3.8, 4) is 11.5 Å². The summed E-state index contributed by atoms with van der Waals surface area (Å²) in [6.45, 7) is 7.93. The SMILES string of the molecule is CC(C)NCCOCCc1ccc2c(c1)OCCO2. The number of benzene rings is 1. The molecule has 0 saturated carbocycles. The molecule has 4 nitrogen and oxygen atoms in total. The van der Waals surface area contributed by atoms with Gasteiger partial charge < -0.3 is 19.5 Å². The molecule has 1 aliphatic rings. The largest absolute Gasteiger partial charge is 0.486 e. The van der Waals surface area contributed by atoms with Crippen molar-refractivity contribution >= 4 is 0 Å². The van der Waals surface area contributed by atoms with E-state index < -0.39 is 0 Å². The summed E-state index contributed by atoms with van der Waals surface area (Å²) in [7, 11) is 0. The number of hydrogen-bond donors (Lipinski definition) is 1. The fourth-order valence-electron chi connectivity index (χ4n) is 1.96. The lowest BCUT2D eigenvalue weighted by Gasteiger charge is -2.18. The van der Waals surface area contributed by atoms with Gasteiger partial charge in [0.2, 0.25) is 0 Å². The van der Waals surface area contributed by atoms with Crippen LogP contribution in [-0.4, -0.2) is 39.0 Å². The van der Waals surface area contributed by atoms with E-state index in [2.05, 4.69) is 25.2 Å². The van der Waals surface area contributed by atoms with Crippen molar-refractivity contribution in [3.63, 3.8) is 0 Å². The third-order valence-corrected chi connectivity index (χ3v) is 2.94. The van der Waals surface area contributed by atoms with Gasteiger partial charge in [-0.15, -0.1) is 0 Å². The summed E-state index contributed by atoms with van der Waals surface area (Å²) >= 11 is 0. The summed E-state index contributed by atoms with van der Waals surface area (Å²) in [6, 6.07) is 6.61. The van der Waals surface area contributed by atoms with Gasteiger partial charge in [-0.3, -0.25) is 0 Å². The molecule has 1 aromatic carbocycles. The molecule has 1 heterocycles. The Kier molecular flexibility index (Phi) is 5.48. The van der Waals surface area contributed by atoms with E-state index in [9.17, 15) is 0 Å². The Morgan fingerprint density at radius 1 is 1.16 bits per heavy atom. The highest BCUT2D eigenvalue weighted by Gasteiger charge is 2.11. The van der Waals surface area contributed by atoms with Crippen LogP contribution in [0.1, 0.15) is 19.4 Å². The van der Waals surface area contributed by atoms with Gasteiger partial charge in [0, 0.05) is 12.6 Å². The first kappa shape index (κ1) is 14.2. The lowest BCUT2D eigenvalue weighted by molar-refractivity contribution is 0.137. The molecule has 1 aliphatic heterocycles. The van der Waals surface area contributed by atoms with Crippen LogP contribution in [0.3, 0.4) is 0 Å². The first-order chi connectivity index (χ1) is 9.25. The van der Waals surface area contributed by atoms with Gasteiger partial charge in [0.15, 0.2) is 11.5 Å². The molecule has 0 bridgehead atoms. The van der Waals surface area contributed by atoms with E-state index in [-0.39, 0.29) is 0 Å². The Morgan fingerprint density at radius 2 is 1.95 bits per heavy atom. The molecule has 0 spiro atoms. The molecule has 0 saturated heterocycles. The Hall–Kier alpha value is -1.26. The van der Waals surface area contributed by atoms with Gasteiger partial charge in [0.25, 0.3) is 0 Å². The van der Waals surface area contributed by atoms with Crippen molar-refractivity contribution in [2.45, 2.75) is 26.3 Å². The molecule has 0 unspecified atom stereocenters.